The molecule has 0 bridgehead atoms. The first-order valence-corrected chi connectivity index (χ1v) is 4.49. The largest absolute Gasteiger partial charge is 0.459 e. The highest BCUT2D eigenvalue weighted by atomic mass is 19.4. The van der Waals surface area contributed by atoms with Gasteiger partial charge in [0.1, 0.15) is 5.69 Å². The minimum Gasteiger partial charge on any atom is -0.252 e. The Labute approximate surface area is 92.1 Å². The number of hydrogen-bond acceptors (Lipinski definition) is 2. The van der Waals surface area contributed by atoms with Crippen molar-refractivity contribution >= 4 is 11.0 Å². The molecule has 2 rings (SSSR count). The molecule has 1 heterocycles. The number of benzene rings is 1. The summed E-state index contributed by atoms with van der Waals surface area (Å²) in [5.41, 5.74) is -1.15. The third kappa shape index (κ3) is 1.92. The molecule has 2 nitrogen and oxygen atoms in total. The quantitative estimate of drug-likeness (QED) is 0.724. The molecule has 0 saturated carbocycles. The SMILES string of the molecule is FC(F)(F)C(F)(F)c1cnc2ccccc2n1. The van der Waals surface area contributed by atoms with Gasteiger partial charge in [-0.05, 0) is 12.1 Å². The molecule has 17 heavy (non-hydrogen) atoms. The maximum Gasteiger partial charge on any atom is 0.459 e. The molecule has 0 spiro atoms. The zero-order valence-corrected chi connectivity index (χ0v) is 8.17. The molecule has 0 unspecified atom stereocenters. The summed E-state index contributed by atoms with van der Waals surface area (Å²) in [5, 5.41) is 0. The van der Waals surface area contributed by atoms with Gasteiger partial charge in [-0.15, -0.1) is 0 Å². The third-order valence-electron chi connectivity index (χ3n) is 2.13. The van der Waals surface area contributed by atoms with Crippen molar-refractivity contribution in [3.05, 3.63) is 36.2 Å². The van der Waals surface area contributed by atoms with Crippen LogP contribution in [0.2, 0.25) is 0 Å². The predicted molar refractivity (Wildman–Crippen MR) is 49.5 cm³/mol. The maximum atomic E-state index is 13.0. The van der Waals surface area contributed by atoms with Gasteiger partial charge in [0.25, 0.3) is 0 Å². The van der Waals surface area contributed by atoms with E-state index in [1.807, 2.05) is 0 Å². The summed E-state index contributed by atoms with van der Waals surface area (Å²) >= 11 is 0. The Kier molecular flexibility index (Phi) is 2.48. The zero-order chi connectivity index (χ0) is 12.7. The van der Waals surface area contributed by atoms with Crippen LogP contribution in [0.1, 0.15) is 5.69 Å². The highest BCUT2D eigenvalue weighted by Crippen LogP contribution is 2.42. The molecule has 0 amide bonds. The van der Waals surface area contributed by atoms with Crippen molar-refractivity contribution in [3.8, 4) is 0 Å². The molecule has 0 aliphatic carbocycles. The van der Waals surface area contributed by atoms with Crippen LogP contribution < -0.4 is 0 Å². The second-order valence-corrected chi connectivity index (χ2v) is 3.32. The first kappa shape index (κ1) is 11.7. The number of halogens is 5. The summed E-state index contributed by atoms with van der Waals surface area (Å²) < 4.78 is 62.2. The van der Waals surface area contributed by atoms with Gasteiger partial charge in [0, 0.05) is 0 Å². The lowest BCUT2D eigenvalue weighted by Gasteiger charge is -2.18. The highest BCUT2D eigenvalue weighted by Gasteiger charge is 2.60. The Morgan fingerprint density at radius 2 is 1.47 bits per heavy atom. The van der Waals surface area contributed by atoms with Crippen molar-refractivity contribution in [2.24, 2.45) is 0 Å². The van der Waals surface area contributed by atoms with Crippen LogP contribution in [0.4, 0.5) is 22.0 Å². The molecule has 0 atom stereocenters. The molecule has 2 aromatic rings. The lowest BCUT2D eigenvalue weighted by molar-refractivity contribution is -0.290. The molecular weight excluding hydrogens is 243 g/mol. The van der Waals surface area contributed by atoms with Gasteiger partial charge in [-0.3, -0.25) is 4.98 Å². The first-order valence-electron chi connectivity index (χ1n) is 4.49. The number of nitrogens with zero attached hydrogens (tertiary/aromatic N) is 2. The number of fused-ring (bicyclic) bond motifs is 1. The summed E-state index contributed by atoms with van der Waals surface area (Å²) in [7, 11) is 0. The van der Waals surface area contributed by atoms with Gasteiger partial charge in [0.15, 0.2) is 0 Å². The Bertz CT molecular complexity index is 550. The van der Waals surface area contributed by atoms with E-state index in [0.29, 0.717) is 6.20 Å². The Morgan fingerprint density at radius 1 is 0.882 bits per heavy atom. The van der Waals surface area contributed by atoms with Gasteiger partial charge in [-0.25, -0.2) is 4.98 Å². The van der Waals surface area contributed by atoms with Gasteiger partial charge in [0.05, 0.1) is 17.2 Å². The standard InChI is InChI=1S/C10H5F5N2/c11-9(12,10(13,14)15)8-5-16-6-3-1-2-4-7(6)17-8/h1-5H. The molecule has 0 radical (unpaired) electrons. The second-order valence-electron chi connectivity index (χ2n) is 3.32. The minimum absolute atomic E-state index is 0.00562. The average molecular weight is 248 g/mol. The summed E-state index contributed by atoms with van der Waals surface area (Å²) in [5.74, 6) is -5.00. The molecule has 0 N–H and O–H groups in total. The Balaban J connectivity index is 2.57. The van der Waals surface area contributed by atoms with E-state index in [9.17, 15) is 22.0 Å². The third-order valence-corrected chi connectivity index (χ3v) is 2.13. The zero-order valence-electron chi connectivity index (χ0n) is 8.17. The lowest BCUT2D eigenvalue weighted by atomic mass is 10.2. The summed E-state index contributed by atoms with van der Waals surface area (Å²) in [6.45, 7) is 0. The van der Waals surface area contributed by atoms with Crippen molar-refractivity contribution in [3.63, 3.8) is 0 Å². The van der Waals surface area contributed by atoms with Gasteiger partial charge in [-0.2, -0.15) is 22.0 Å². The van der Waals surface area contributed by atoms with E-state index in [1.165, 1.54) is 18.2 Å². The van der Waals surface area contributed by atoms with Gasteiger partial charge < -0.3 is 0 Å². The Morgan fingerprint density at radius 3 is 2.06 bits per heavy atom. The summed E-state index contributed by atoms with van der Waals surface area (Å²) in [6.07, 6.45) is -5.24. The van der Waals surface area contributed by atoms with Gasteiger partial charge >= 0.3 is 12.1 Å². The minimum atomic E-state index is -5.68. The number of hydrogen-bond donors (Lipinski definition) is 0. The van der Waals surface area contributed by atoms with Crippen LogP contribution in [-0.4, -0.2) is 16.1 Å². The topological polar surface area (TPSA) is 25.8 Å². The highest BCUT2D eigenvalue weighted by molar-refractivity contribution is 5.73. The van der Waals surface area contributed by atoms with Crippen LogP contribution in [0.3, 0.4) is 0 Å². The molecule has 7 heteroatoms. The predicted octanol–water partition coefficient (Wildman–Crippen LogP) is 3.28. The molecule has 0 aliphatic heterocycles. The molecule has 0 aliphatic rings. The van der Waals surface area contributed by atoms with E-state index in [0.717, 1.165) is 0 Å². The van der Waals surface area contributed by atoms with E-state index in [-0.39, 0.29) is 11.0 Å². The van der Waals surface area contributed by atoms with Crippen LogP contribution >= 0.6 is 0 Å². The van der Waals surface area contributed by atoms with E-state index in [4.69, 9.17) is 0 Å². The fourth-order valence-electron chi connectivity index (χ4n) is 1.25. The fourth-order valence-corrected chi connectivity index (χ4v) is 1.25. The Hall–Kier alpha value is -1.79. The second kappa shape index (κ2) is 3.61. The van der Waals surface area contributed by atoms with Crippen molar-refractivity contribution in [1.29, 1.82) is 0 Å². The van der Waals surface area contributed by atoms with E-state index in [1.54, 1.807) is 6.07 Å². The molecule has 1 aromatic carbocycles. The number of alkyl halides is 5. The lowest BCUT2D eigenvalue weighted by Crippen LogP contribution is -2.34. The van der Waals surface area contributed by atoms with Crippen LogP contribution in [0, 0.1) is 0 Å². The maximum absolute atomic E-state index is 13.0. The molecular formula is C10H5F5N2. The van der Waals surface area contributed by atoms with Crippen LogP contribution in [0.5, 0.6) is 0 Å². The van der Waals surface area contributed by atoms with E-state index in [2.05, 4.69) is 9.97 Å². The van der Waals surface area contributed by atoms with Crippen LogP contribution in [0.15, 0.2) is 30.5 Å². The van der Waals surface area contributed by atoms with Crippen LogP contribution in [0.25, 0.3) is 11.0 Å². The number of rotatable bonds is 1. The van der Waals surface area contributed by atoms with Crippen LogP contribution in [-0.2, 0) is 5.92 Å². The van der Waals surface area contributed by atoms with E-state index >= 15 is 0 Å². The average Bonchev–Trinajstić information content (AvgIpc) is 2.27. The number of para-hydroxylation sites is 2. The van der Waals surface area contributed by atoms with E-state index < -0.39 is 17.8 Å². The first-order chi connectivity index (χ1) is 7.82. The van der Waals surface area contributed by atoms with Gasteiger partial charge in [-0.1, -0.05) is 12.1 Å². The smallest absolute Gasteiger partial charge is 0.252 e. The normalized spacial score (nSPS) is 13.0. The monoisotopic (exact) mass is 248 g/mol. The summed E-state index contributed by atoms with van der Waals surface area (Å²) in [4.78, 5) is 6.80. The summed E-state index contributed by atoms with van der Waals surface area (Å²) in [6, 6.07) is 5.85. The fraction of sp³-hybridized carbons (Fsp3) is 0.200. The van der Waals surface area contributed by atoms with Crippen molar-refractivity contribution in [1.82, 2.24) is 9.97 Å². The molecule has 90 valence electrons. The molecule has 1 aromatic heterocycles. The molecule has 0 saturated heterocycles. The number of aromatic nitrogens is 2. The van der Waals surface area contributed by atoms with Crippen molar-refractivity contribution in [2.75, 3.05) is 0 Å². The van der Waals surface area contributed by atoms with Crippen molar-refractivity contribution in [2.45, 2.75) is 12.1 Å². The van der Waals surface area contributed by atoms with Crippen molar-refractivity contribution < 1.29 is 22.0 Å². The van der Waals surface area contributed by atoms with Gasteiger partial charge in [0.2, 0.25) is 0 Å². The molecule has 0 fully saturated rings.